The molecule has 2 aliphatic rings. The van der Waals surface area contributed by atoms with Crippen molar-refractivity contribution in [3.8, 4) is 0 Å². The molecule has 22 heavy (non-hydrogen) atoms. The normalized spacial score (nSPS) is 23.5. The standard InChI is InChI=1S/C16H21N3O2.ClH/c1-16(7-8-17-10-16)15(21)19-13-4-2-3-12(9-13)18-14(20)11-5-6-11;/h2-4,9,11,17H,5-8,10H2,1H3,(H,18,20)(H,19,21);1H. The second-order valence-electron chi connectivity index (χ2n) is 6.29. The molecule has 0 radical (unpaired) electrons. The summed E-state index contributed by atoms with van der Waals surface area (Å²) in [6, 6.07) is 7.34. The molecule has 1 aliphatic carbocycles. The first-order chi connectivity index (χ1) is 10.1. The molecule has 1 unspecified atom stereocenters. The van der Waals surface area contributed by atoms with E-state index < -0.39 is 0 Å². The van der Waals surface area contributed by atoms with Crippen molar-refractivity contribution in [2.45, 2.75) is 26.2 Å². The van der Waals surface area contributed by atoms with Gasteiger partial charge in [0.1, 0.15) is 0 Å². The minimum Gasteiger partial charge on any atom is -0.326 e. The van der Waals surface area contributed by atoms with Gasteiger partial charge in [0, 0.05) is 23.8 Å². The molecule has 1 saturated heterocycles. The molecule has 1 atom stereocenters. The zero-order chi connectivity index (χ0) is 14.9. The van der Waals surface area contributed by atoms with Crippen LogP contribution in [0.5, 0.6) is 0 Å². The van der Waals surface area contributed by atoms with Gasteiger partial charge in [0.05, 0.1) is 5.41 Å². The van der Waals surface area contributed by atoms with Gasteiger partial charge in [-0.25, -0.2) is 0 Å². The van der Waals surface area contributed by atoms with E-state index in [1.54, 1.807) is 0 Å². The van der Waals surface area contributed by atoms with Crippen molar-refractivity contribution >= 4 is 35.6 Å². The Hall–Kier alpha value is -1.59. The summed E-state index contributed by atoms with van der Waals surface area (Å²) in [6.45, 7) is 3.55. The zero-order valence-corrected chi connectivity index (χ0v) is 13.5. The Morgan fingerprint density at radius 1 is 1.23 bits per heavy atom. The number of amides is 2. The summed E-state index contributed by atoms with van der Waals surface area (Å²) < 4.78 is 0. The maximum absolute atomic E-state index is 12.3. The second kappa shape index (κ2) is 6.67. The molecule has 1 aliphatic heterocycles. The highest BCUT2D eigenvalue weighted by atomic mass is 35.5. The van der Waals surface area contributed by atoms with Crippen molar-refractivity contribution in [2.75, 3.05) is 23.7 Å². The third kappa shape index (κ3) is 3.78. The first-order valence-corrected chi connectivity index (χ1v) is 7.50. The smallest absolute Gasteiger partial charge is 0.231 e. The predicted octanol–water partition coefficient (Wildman–Crippen LogP) is 2.40. The van der Waals surface area contributed by atoms with E-state index in [-0.39, 0.29) is 35.6 Å². The molecule has 5 nitrogen and oxygen atoms in total. The minimum absolute atomic E-state index is 0. The number of carbonyl (C=O) groups is 2. The molecule has 0 bridgehead atoms. The van der Waals surface area contributed by atoms with Crippen molar-refractivity contribution in [1.82, 2.24) is 5.32 Å². The monoisotopic (exact) mass is 323 g/mol. The third-order valence-electron chi connectivity index (χ3n) is 4.25. The number of hydrogen-bond donors (Lipinski definition) is 3. The Bertz CT molecular complexity index is 566. The van der Waals surface area contributed by atoms with Crippen LogP contribution in [0.15, 0.2) is 24.3 Å². The largest absolute Gasteiger partial charge is 0.326 e. The van der Waals surface area contributed by atoms with Gasteiger partial charge in [-0.2, -0.15) is 0 Å². The van der Waals surface area contributed by atoms with Gasteiger partial charge in [-0.1, -0.05) is 6.07 Å². The Kier molecular flexibility index (Phi) is 5.08. The summed E-state index contributed by atoms with van der Waals surface area (Å²) in [4.78, 5) is 24.1. The number of carbonyl (C=O) groups excluding carboxylic acids is 2. The summed E-state index contributed by atoms with van der Waals surface area (Å²) in [6.07, 6.45) is 2.80. The average molecular weight is 324 g/mol. The maximum atomic E-state index is 12.3. The fraction of sp³-hybridized carbons (Fsp3) is 0.500. The van der Waals surface area contributed by atoms with E-state index >= 15 is 0 Å². The van der Waals surface area contributed by atoms with E-state index in [2.05, 4.69) is 16.0 Å². The van der Waals surface area contributed by atoms with E-state index in [0.717, 1.165) is 37.2 Å². The topological polar surface area (TPSA) is 70.2 Å². The van der Waals surface area contributed by atoms with Gasteiger partial charge in [0.2, 0.25) is 11.8 Å². The van der Waals surface area contributed by atoms with Gasteiger partial charge < -0.3 is 16.0 Å². The van der Waals surface area contributed by atoms with Crippen LogP contribution in [0.1, 0.15) is 26.2 Å². The fourth-order valence-corrected chi connectivity index (χ4v) is 2.56. The molecule has 1 saturated carbocycles. The summed E-state index contributed by atoms with van der Waals surface area (Å²) in [5, 5.41) is 9.07. The maximum Gasteiger partial charge on any atom is 0.231 e. The highest BCUT2D eigenvalue weighted by Crippen LogP contribution is 2.31. The Morgan fingerprint density at radius 2 is 1.91 bits per heavy atom. The van der Waals surface area contributed by atoms with Crippen LogP contribution in [-0.4, -0.2) is 24.9 Å². The highest BCUT2D eigenvalue weighted by molar-refractivity contribution is 5.97. The van der Waals surface area contributed by atoms with Gasteiger partial charge in [0.15, 0.2) is 0 Å². The van der Waals surface area contributed by atoms with Gasteiger partial charge in [-0.15, -0.1) is 12.4 Å². The lowest BCUT2D eigenvalue weighted by atomic mass is 9.89. The first-order valence-electron chi connectivity index (χ1n) is 7.50. The fourth-order valence-electron chi connectivity index (χ4n) is 2.56. The molecule has 0 aromatic heterocycles. The Morgan fingerprint density at radius 3 is 2.50 bits per heavy atom. The van der Waals surface area contributed by atoms with Gasteiger partial charge in [-0.3, -0.25) is 9.59 Å². The van der Waals surface area contributed by atoms with E-state index in [4.69, 9.17) is 0 Å². The Labute approximate surface area is 136 Å². The molecule has 1 heterocycles. The third-order valence-corrected chi connectivity index (χ3v) is 4.25. The average Bonchev–Trinajstić information content (AvgIpc) is 3.21. The van der Waals surface area contributed by atoms with E-state index in [9.17, 15) is 9.59 Å². The quantitative estimate of drug-likeness (QED) is 0.797. The molecule has 2 amide bonds. The van der Waals surface area contributed by atoms with Crippen LogP contribution in [0.4, 0.5) is 11.4 Å². The molecule has 1 aromatic carbocycles. The van der Waals surface area contributed by atoms with Gasteiger partial charge in [0.25, 0.3) is 0 Å². The van der Waals surface area contributed by atoms with Crippen LogP contribution < -0.4 is 16.0 Å². The molecule has 1 aromatic rings. The zero-order valence-electron chi connectivity index (χ0n) is 12.6. The lowest BCUT2D eigenvalue weighted by Gasteiger charge is -2.21. The molecular formula is C16H22ClN3O2. The number of benzene rings is 1. The molecule has 3 N–H and O–H groups in total. The van der Waals surface area contributed by atoms with Crippen molar-refractivity contribution in [3.05, 3.63) is 24.3 Å². The molecule has 3 rings (SSSR count). The number of halogens is 1. The summed E-state index contributed by atoms with van der Waals surface area (Å²) >= 11 is 0. The van der Waals surface area contributed by atoms with E-state index in [1.165, 1.54) is 0 Å². The number of anilines is 2. The molecule has 2 fully saturated rings. The van der Waals surface area contributed by atoms with Crippen LogP contribution in [0, 0.1) is 11.3 Å². The van der Waals surface area contributed by atoms with Crippen molar-refractivity contribution < 1.29 is 9.59 Å². The molecule has 0 spiro atoms. The highest BCUT2D eigenvalue weighted by Gasteiger charge is 2.36. The summed E-state index contributed by atoms with van der Waals surface area (Å²) in [5.74, 6) is 0.273. The van der Waals surface area contributed by atoms with E-state index in [1.807, 2.05) is 31.2 Å². The van der Waals surface area contributed by atoms with Crippen LogP contribution in [0.2, 0.25) is 0 Å². The predicted molar refractivity (Wildman–Crippen MR) is 89.3 cm³/mol. The lowest BCUT2D eigenvalue weighted by molar-refractivity contribution is -0.123. The van der Waals surface area contributed by atoms with Crippen LogP contribution in [0.25, 0.3) is 0 Å². The molecule has 120 valence electrons. The number of hydrogen-bond acceptors (Lipinski definition) is 3. The Balaban J connectivity index is 0.00000176. The molecular weight excluding hydrogens is 302 g/mol. The van der Waals surface area contributed by atoms with E-state index in [0.29, 0.717) is 6.54 Å². The van der Waals surface area contributed by atoms with Gasteiger partial charge >= 0.3 is 0 Å². The number of nitrogens with one attached hydrogen (secondary N) is 3. The van der Waals surface area contributed by atoms with Crippen LogP contribution in [0.3, 0.4) is 0 Å². The lowest BCUT2D eigenvalue weighted by Crippen LogP contribution is -2.35. The van der Waals surface area contributed by atoms with Crippen molar-refractivity contribution in [1.29, 1.82) is 0 Å². The molecule has 6 heteroatoms. The van der Waals surface area contributed by atoms with Crippen molar-refractivity contribution in [2.24, 2.45) is 11.3 Å². The SMILES string of the molecule is CC1(C(=O)Nc2cccc(NC(=O)C3CC3)c2)CCNC1.Cl. The first kappa shape index (κ1) is 16.8. The van der Waals surface area contributed by atoms with Crippen LogP contribution in [-0.2, 0) is 9.59 Å². The summed E-state index contributed by atoms with van der Waals surface area (Å²) in [5.41, 5.74) is 1.11. The van der Waals surface area contributed by atoms with Crippen LogP contribution >= 0.6 is 12.4 Å². The second-order valence-corrected chi connectivity index (χ2v) is 6.29. The minimum atomic E-state index is -0.354. The number of rotatable bonds is 4. The summed E-state index contributed by atoms with van der Waals surface area (Å²) in [7, 11) is 0. The van der Waals surface area contributed by atoms with Gasteiger partial charge in [-0.05, 0) is 50.9 Å². The van der Waals surface area contributed by atoms with Crippen molar-refractivity contribution in [3.63, 3.8) is 0 Å².